The molecule has 0 saturated carbocycles. The fourth-order valence-electron chi connectivity index (χ4n) is 3.46. The van der Waals surface area contributed by atoms with Crippen molar-refractivity contribution < 1.29 is 29.1 Å². The maximum absolute atomic E-state index is 13.1. The molecule has 1 unspecified atom stereocenters. The number of aromatic nitrogens is 1. The van der Waals surface area contributed by atoms with Crippen molar-refractivity contribution in [2.75, 3.05) is 6.54 Å². The first-order chi connectivity index (χ1) is 13.3. The van der Waals surface area contributed by atoms with Crippen LogP contribution >= 0.6 is 0 Å². The van der Waals surface area contributed by atoms with Gasteiger partial charge < -0.3 is 20.6 Å². The zero-order chi connectivity index (χ0) is 20.4. The summed E-state index contributed by atoms with van der Waals surface area (Å²) >= 11 is 0. The molecular weight excluding hydrogens is 370 g/mol. The molecule has 2 aliphatic heterocycles. The SMILES string of the molecule is C[C@H]1ON(C(=O)O)C2CN(Cc3ccncc3)C(=O)[C@H](CCC(N)=O)N2C1=O. The Labute approximate surface area is 160 Å². The first-order valence-electron chi connectivity index (χ1n) is 8.76. The molecule has 1 aromatic heterocycles. The summed E-state index contributed by atoms with van der Waals surface area (Å²) in [6.07, 6.45) is -0.400. The number of carboxylic acid groups (broad SMARTS) is 1. The Morgan fingerprint density at radius 3 is 2.57 bits per heavy atom. The van der Waals surface area contributed by atoms with Gasteiger partial charge >= 0.3 is 6.09 Å². The molecule has 2 fully saturated rings. The molecule has 28 heavy (non-hydrogen) atoms. The predicted molar refractivity (Wildman–Crippen MR) is 92.9 cm³/mol. The van der Waals surface area contributed by atoms with Gasteiger partial charge in [-0.2, -0.15) is 5.06 Å². The van der Waals surface area contributed by atoms with Crippen LogP contribution < -0.4 is 5.73 Å². The van der Waals surface area contributed by atoms with Crippen LogP contribution in [0.15, 0.2) is 24.5 Å². The van der Waals surface area contributed by atoms with E-state index in [1.54, 1.807) is 24.5 Å². The number of hydrogen-bond donors (Lipinski definition) is 2. The molecule has 0 aromatic carbocycles. The van der Waals surface area contributed by atoms with Crippen molar-refractivity contribution in [3.8, 4) is 0 Å². The van der Waals surface area contributed by atoms with Crippen LogP contribution in [-0.4, -0.2) is 73.6 Å². The molecule has 3 rings (SSSR count). The zero-order valence-corrected chi connectivity index (χ0v) is 15.2. The normalized spacial score (nSPS) is 24.9. The summed E-state index contributed by atoms with van der Waals surface area (Å²) in [4.78, 5) is 60.5. The van der Waals surface area contributed by atoms with Gasteiger partial charge in [-0.3, -0.25) is 24.2 Å². The molecule has 3 N–H and O–H groups in total. The lowest BCUT2D eigenvalue weighted by Gasteiger charge is -2.51. The van der Waals surface area contributed by atoms with Crippen LogP contribution in [0.25, 0.3) is 0 Å². The quantitative estimate of drug-likeness (QED) is 0.689. The van der Waals surface area contributed by atoms with Gasteiger partial charge in [0.05, 0.1) is 6.54 Å². The number of carbonyl (C=O) groups is 4. The highest BCUT2D eigenvalue weighted by Gasteiger charge is 2.51. The molecule has 0 radical (unpaired) electrons. The van der Waals surface area contributed by atoms with Gasteiger partial charge in [-0.25, -0.2) is 4.79 Å². The van der Waals surface area contributed by atoms with Crippen LogP contribution in [0.5, 0.6) is 0 Å². The van der Waals surface area contributed by atoms with Crippen molar-refractivity contribution in [1.29, 1.82) is 0 Å². The summed E-state index contributed by atoms with van der Waals surface area (Å²) < 4.78 is 0. The molecule has 1 aromatic rings. The van der Waals surface area contributed by atoms with Crippen molar-refractivity contribution in [2.24, 2.45) is 5.73 Å². The number of hydrogen-bond acceptors (Lipinski definition) is 6. The Hall–Kier alpha value is -3.21. The molecular formula is C17H21N5O6. The van der Waals surface area contributed by atoms with Crippen molar-refractivity contribution in [2.45, 2.75) is 44.6 Å². The van der Waals surface area contributed by atoms with E-state index in [1.807, 2.05) is 0 Å². The minimum absolute atomic E-state index is 0.00340. The smallest absolute Gasteiger partial charge is 0.433 e. The predicted octanol–water partition coefficient (Wildman–Crippen LogP) is -0.474. The van der Waals surface area contributed by atoms with E-state index in [9.17, 15) is 24.3 Å². The van der Waals surface area contributed by atoms with Gasteiger partial charge in [0.2, 0.25) is 11.8 Å². The van der Waals surface area contributed by atoms with Crippen LogP contribution in [0.3, 0.4) is 0 Å². The van der Waals surface area contributed by atoms with E-state index in [2.05, 4.69) is 4.98 Å². The van der Waals surface area contributed by atoms with Crippen LogP contribution in [0.1, 0.15) is 25.3 Å². The van der Waals surface area contributed by atoms with Crippen molar-refractivity contribution in [3.05, 3.63) is 30.1 Å². The van der Waals surface area contributed by atoms with Crippen molar-refractivity contribution >= 4 is 23.8 Å². The second-order valence-corrected chi connectivity index (χ2v) is 6.68. The molecule has 2 saturated heterocycles. The number of rotatable bonds is 5. The third-order valence-electron chi connectivity index (χ3n) is 4.76. The van der Waals surface area contributed by atoms with Gasteiger partial charge in [-0.05, 0) is 31.0 Å². The highest BCUT2D eigenvalue weighted by molar-refractivity contribution is 5.92. The molecule has 3 atom stereocenters. The van der Waals surface area contributed by atoms with Gasteiger partial charge in [0, 0.05) is 25.4 Å². The van der Waals surface area contributed by atoms with Crippen LogP contribution in [-0.2, 0) is 25.8 Å². The summed E-state index contributed by atoms with van der Waals surface area (Å²) in [5.74, 6) is -1.49. The topological polar surface area (TPSA) is 146 Å². The highest BCUT2D eigenvalue weighted by Crippen LogP contribution is 2.29. The summed E-state index contributed by atoms with van der Waals surface area (Å²) in [6.45, 7) is 1.56. The lowest BCUT2D eigenvalue weighted by Crippen LogP contribution is -2.73. The Morgan fingerprint density at radius 1 is 1.29 bits per heavy atom. The zero-order valence-electron chi connectivity index (χ0n) is 15.2. The van der Waals surface area contributed by atoms with E-state index < -0.39 is 36.2 Å². The van der Waals surface area contributed by atoms with Gasteiger partial charge in [0.25, 0.3) is 5.91 Å². The molecule has 4 amide bonds. The highest BCUT2D eigenvalue weighted by atomic mass is 16.7. The molecule has 0 aliphatic carbocycles. The molecule has 0 bridgehead atoms. The number of amides is 4. The number of carbonyl (C=O) groups excluding carboxylic acids is 3. The Balaban J connectivity index is 1.94. The summed E-state index contributed by atoms with van der Waals surface area (Å²) in [5, 5.41) is 10.2. The summed E-state index contributed by atoms with van der Waals surface area (Å²) in [7, 11) is 0. The molecule has 2 aliphatic rings. The number of pyridine rings is 1. The Morgan fingerprint density at radius 2 is 1.96 bits per heavy atom. The maximum atomic E-state index is 13.1. The van der Waals surface area contributed by atoms with Gasteiger partial charge in [-0.15, -0.1) is 0 Å². The van der Waals surface area contributed by atoms with Crippen molar-refractivity contribution in [3.63, 3.8) is 0 Å². The average Bonchev–Trinajstić information content (AvgIpc) is 2.65. The fourth-order valence-corrected chi connectivity index (χ4v) is 3.46. The Kier molecular flexibility index (Phi) is 5.45. The van der Waals surface area contributed by atoms with E-state index in [0.29, 0.717) is 5.06 Å². The first kappa shape index (κ1) is 19.5. The van der Waals surface area contributed by atoms with Gasteiger partial charge in [0.15, 0.2) is 12.3 Å². The van der Waals surface area contributed by atoms with Gasteiger partial charge in [0.1, 0.15) is 6.04 Å². The number of hydroxylamine groups is 2. The third kappa shape index (κ3) is 3.74. The number of nitrogens with zero attached hydrogens (tertiary/aromatic N) is 4. The van der Waals surface area contributed by atoms with E-state index in [-0.39, 0.29) is 31.8 Å². The van der Waals surface area contributed by atoms with E-state index in [0.717, 1.165) is 5.56 Å². The number of piperazine rings is 1. The summed E-state index contributed by atoms with van der Waals surface area (Å²) in [5.41, 5.74) is 6.01. The third-order valence-corrected chi connectivity index (χ3v) is 4.76. The van der Waals surface area contributed by atoms with E-state index in [1.165, 1.54) is 16.7 Å². The largest absolute Gasteiger partial charge is 0.463 e. The minimum atomic E-state index is -1.37. The summed E-state index contributed by atoms with van der Waals surface area (Å²) in [6, 6.07) is 2.46. The Bertz CT molecular complexity index is 788. The van der Waals surface area contributed by atoms with E-state index in [4.69, 9.17) is 10.6 Å². The molecule has 0 spiro atoms. The molecule has 3 heterocycles. The minimum Gasteiger partial charge on any atom is -0.463 e. The number of primary amides is 1. The lowest BCUT2D eigenvalue weighted by molar-refractivity contribution is -0.262. The second kappa shape index (κ2) is 7.80. The standard InChI is InChI=1S/C17H21N5O6/c1-10-15(24)21-12(2-3-13(18)23)16(25)20(8-11-4-6-19-7-5-11)9-14(21)22(28-10)17(26)27/h4-7,10,12,14H,2-3,8-9H2,1H3,(H2,18,23)(H,26,27)/t10-,12+,14?/m1/s1. The fraction of sp³-hybridized carbons (Fsp3) is 0.471. The second-order valence-electron chi connectivity index (χ2n) is 6.68. The maximum Gasteiger partial charge on any atom is 0.433 e. The average molecular weight is 391 g/mol. The number of fused-ring (bicyclic) bond motifs is 1. The van der Waals surface area contributed by atoms with Gasteiger partial charge in [-0.1, -0.05) is 0 Å². The van der Waals surface area contributed by atoms with Crippen LogP contribution in [0.4, 0.5) is 4.79 Å². The number of nitrogens with two attached hydrogens (primary N) is 1. The monoisotopic (exact) mass is 391 g/mol. The van der Waals surface area contributed by atoms with Crippen molar-refractivity contribution in [1.82, 2.24) is 19.8 Å². The first-order valence-corrected chi connectivity index (χ1v) is 8.76. The van der Waals surface area contributed by atoms with Crippen LogP contribution in [0.2, 0.25) is 0 Å². The molecule has 11 nitrogen and oxygen atoms in total. The molecule has 150 valence electrons. The molecule has 11 heteroatoms. The lowest BCUT2D eigenvalue weighted by atomic mass is 10.0. The van der Waals surface area contributed by atoms with Crippen LogP contribution in [0, 0.1) is 0 Å². The van der Waals surface area contributed by atoms with E-state index >= 15 is 0 Å².